The molecule has 14 heteroatoms. The average molecular weight is 544 g/mol. The van der Waals surface area contributed by atoms with E-state index in [2.05, 4.69) is 4.98 Å². The van der Waals surface area contributed by atoms with E-state index in [-0.39, 0.29) is 38.2 Å². The summed E-state index contributed by atoms with van der Waals surface area (Å²) in [5, 5.41) is 10.9. The number of nitrogens with one attached hydrogen (secondary N) is 1. The van der Waals surface area contributed by atoms with Crippen molar-refractivity contribution in [3.8, 4) is 5.69 Å². The first-order chi connectivity index (χ1) is 17.8. The molecular weight excluding hydrogens is 525 g/mol. The Morgan fingerprint density at radius 2 is 1.71 bits per heavy atom. The molecule has 2 aliphatic rings. The van der Waals surface area contributed by atoms with Crippen LogP contribution < -0.4 is 15.6 Å². The van der Waals surface area contributed by atoms with Crippen LogP contribution in [0.3, 0.4) is 0 Å². The van der Waals surface area contributed by atoms with Gasteiger partial charge >= 0.3 is 6.18 Å². The molecule has 2 fully saturated rings. The van der Waals surface area contributed by atoms with Gasteiger partial charge in [-0.25, -0.2) is 22.5 Å². The number of alkyl halides is 3. The van der Waals surface area contributed by atoms with Gasteiger partial charge in [0.1, 0.15) is 23.1 Å². The number of anilines is 1. The van der Waals surface area contributed by atoms with Crippen LogP contribution in [0.25, 0.3) is 16.7 Å². The van der Waals surface area contributed by atoms with E-state index >= 15 is 4.39 Å². The molecule has 38 heavy (non-hydrogen) atoms. The molecule has 202 valence electrons. The van der Waals surface area contributed by atoms with Gasteiger partial charge < -0.3 is 15.3 Å². The summed E-state index contributed by atoms with van der Waals surface area (Å²) in [6.07, 6.45) is -4.38. The van der Waals surface area contributed by atoms with Crippen molar-refractivity contribution in [2.75, 3.05) is 18.0 Å². The quantitative estimate of drug-likeness (QED) is 0.480. The molecule has 0 radical (unpaired) electrons. The molecule has 1 aliphatic carbocycles. The summed E-state index contributed by atoms with van der Waals surface area (Å²) in [6, 6.07) is -0.984. The molecule has 2 N–H and O–H groups in total. The van der Waals surface area contributed by atoms with Crippen molar-refractivity contribution in [3.05, 3.63) is 63.5 Å². The number of aliphatic hydroxyl groups excluding tert-OH is 1. The van der Waals surface area contributed by atoms with Crippen LogP contribution in [-0.2, 0) is 0 Å². The number of aliphatic hydroxyl groups is 1. The predicted molar refractivity (Wildman–Crippen MR) is 120 cm³/mol. The van der Waals surface area contributed by atoms with E-state index in [1.54, 1.807) is 5.32 Å². The SMILES string of the molecule is O=C(N[C@@H](C1CC1)C(F)(F)F)c1cn(-c2c(F)cc(F)cc2F)c2nc(N3CC[C@H](O)C3)c(F)cc2c1=O. The first-order valence-electron chi connectivity index (χ1n) is 11.6. The minimum atomic E-state index is -4.83. The lowest BCUT2D eigenvalue weighted by molar-refractivity contribution is -0.158. The summed E-state index contributed by atoms with van der Waals surface area (Å²) in [5.41, 5.74) is -3.72. The topological polar surface area (TPSA) is 87.5 Å². The van der Waals surface area contributed by atoms with Crippen LogP contribution in [0.15, 0.2) is 29.2 Å². The number of aromatic nitrogens is 2. The van der Waals surface area contributed by atoms with Gasteiger partial charge in [-0.2, -0.15) is 13.2 Å². The first-order valence-corrected chi connectivity index (χ1v) is 11.6. The highest BCUT2D eigenvalue weighted by molar-refractivity contribution is 5.97. The number of carbonyl (C=O) groups excluding carboxylic acids is 1. The van der Waals surface area contributed by atoms with Crippen LogP contribution in [0.1, 0.15) is 29.6 Å². The van der Waals surface area contributed by atoms with Crippen LogP contribution in [-0.4, -0.2) is 52.0 Å². The number of halogens is 7. The maximum atomic E-state index is 15.1. The Balaban J connectivity index is 1.72. The Bertz CT molecular complexity index is 1480. The molecule has 5 rings (SSSR count). The number of hydrogen-bond donors (Lipinski definition) is 2. The van der Waals surface area contributed by atoms with Gasteiger partial charge in [0.25, 0.3) is 5.91 Å². The molecule has 0 spiro atoms. The highest BCUT2D eigenvalue weighted by Gasteiger charge is 2.50. The van der Waals surface area contributed by atoms with E-state index in [0.29, 0.717) is 29.0 Å². The lowest BCUT2D eigenvalue weighted by Crippen LogP contribution is -2.48. The fourth-order valence-electron chi connectivity index (χ4n) is 4.58. The van der Waals surface area contributed by atoms with E-state index in [1.807, 2.05) is 0 Å². The standard InChI is InChI=1S/C24H19F7N4O3/c25-11-5-15(26)18(16(27)6-11)35-9-14(23(38)32-20(10-1-2-10)24(29,30)31)19(37)13-7-17(28)22(33-21(13)35)34-4-3-12(36)8-34/h5-7,9-10,12,20,36H,1-4,8H2,(H,32,38)/t12-,20-/m0/s1. The summed E-state index contributed by atoms with van der Waals surface area (Å²) in [4.78, 5) is 31.4. The Morgan fingerprint density at radius 3 is 2.26 bits per heavy atom. The molecule has 1 aliphatic heterocycles. The summed E-state index contributed by atoms with van der Waals surface area (Å²) >= 11 is 0. The van der Waals surface area contributed by atoms with E-state index < -0.39 is 81.1 Å². The maximum Gasteiger partial charge on any atom is 0.408 e. The minimum Gasteiger partial charge on any atom is -0.391 e. The van der Waals surface area contributed by atoms with E-state index in [9.17, 15) is 41.0 Å². The third-order valence-corrected chi connectivity index (χ3v) is 6.58. The molecule has 2 atom stereocenters. The van der Waals surface area contributed by atoms with Crippen molar-refractivity contribution in [1.82, 2.24) is 14.9 Å². The summed E-state index contributed by atoms with van der Waals surface area (Å²) < 4.78 is 99.3. The summed E-state index contributed by atoms with van der Waals surface area (Å²) in [7, 11) is 0. The summed E-state index contributed by atoms with van der Waals surface area (Å²) in [5.74, 6) is -8.06. The Morgan fingerprint density at radius 1 is 1.05 bits per heavy atom. The van der Waals surface area contributed by atoms with Crippen molar-refractivity contribution in [1.29, 1.82) is 0 Å². The second-order valence-electron chi connectivity index (χ2n) is 9.34. The molecule has 1 aromatic carbocycles. The van der Waals surface area contributed by atoms with Crippen molar-refractivity contribution in [2.45, 2.75) is 37.6 Å². The van der Waals surface area contributed by atoms with Crippen molar-refractivity contribution in [2.24, 2.45) is 5.92 Å². The van der Waals surface area contributed by atoms with Gasteiger partial charge in [0.2, 0.25) is 5.43 Å². The molecule has 3 aromatic rings. The molecule has 3 heterocycles. The zero-order valence-electron chi connectivity index (χ0n) is 19.3. The van der Waals surface area contributed by atoms with Crippen LogP contribution in [0.2, 0.25) is 0 Å². The van der Waals surface area contributed by atoms with Gasteiger partial charge in [-0.15, -0.1) is 0 Å². The van der Waals surface area contributed by atoms with Gasteiger partial charge in [-0.1, -0.05) is 0 Å². The molecule has 0 unspecified atom stereocenters. The third kappa shape index (κ3) is 4.68. The van der Waals surface area contributed by atoms with E-state index in [4.69, 9.17) is 0 Å². The third-order valence-electron chi connectivity index (χ3n) is 6.58. The van der Waals surface area contributed by atoms with Gasteiger partial charge in [-0.05, 0) is 31.2 Å². The molecule has 1 amide bonds. The highest BCUT2D eigenvalue weighted by Crippen LogP contribution is 2.40. The van der Waals surface area contributed by atoms with E-state index in [1.165, 1.54) is 4.90 Å². The number of rotatable bonds is 5. The zero-order valence-corrected chi connectivity index (χ0v) is 19.3. The normalized spacial score (nSPS) is 18.7. The van der Waals surface area contributed by atoms with E-state index in [0.717, 1.165) is 0 Å². The fourth-order valence-corrected chi connectivity index (χ4v) is 4.58. The minimum absolute atomic E-state index is 0.0284. The number of nitrogens with zero attached hydrogens (tertiary/aromatic N) is 3. The van der Waals surface area contributed by atoms with Gasteiger partial charge in [0.05, 0.1) is 11.5 Å². The lowest BCUT2D eigenvalue weighted by atomic mass is 10.1. The number of benzene rings is 1. The Labute approximate surface area is 209 Å². The Hall–Kier alpha value is -3.68. The molecule has 2 aromatic heterocycles. The zero-order chi connectivity index (χ0) is 27.5. The number of β-amino-alcohol motifs (C(OH)–C–C–N with tert-alkyl or cyclic N) is 1. The second kappa shape index (κ2) is 9.26. The van der Waals surface area contributed by atoms with Crippen LogP contribution in [0, 0.1) is 29.2 Å². The molecular formula is C24H19F7N4O3. The monoisotopic (exact) mass is 544 g/mol. The van der Waals surface area contributed by atoms with Crippen molar-refractivity contribution >= 4 is 22.8 Å². The van der Waals surface area contributed by atoms with Crippen molar-refractivity contribution in [3.63, 3.8) is 0 Å². The van der Waals surface area contributed by atoms with Crippen LogP contribution in [0.5, 0.6) is 0 Å². The molecule has 0 bridgehead atoms. The largest absolute Gasteiger partial charge is 0.408 e. The smallest absolute Gasteiger partial charge is 0.391 e. The number of pyridine rings is 2. The van der Waals surface area contributed by atoms with Gasteiger partial charge in [-0.3, -0.25) is 14.2 Å². The van der Waals surface area contributed by atoms with Gasteiger partial charge in [0, 0.05) is 31.4 Å². The van der Waals surface area contributed by atoms with Gasteiger partial charge in [0.15, 0.2) is 28.9 Å². The number of fused-ring (bicyclic) bond motifs is 1. The molecule has 1 saturated carbocycles. The maximum absolute atomic E-state index is 15.1. The number of amides is 1. The number of hydrogen-bond acceptors (Lipinski definition) is 5. The lowest BCUT2D eigenvalue weighted by Gasteiger charge is -2.22. The summed E-state index contributed by atoms with van der Waals surface area (Å²) in [6.45, 7) is 0.139. The first kappa shape index (κ1) is 25.9. The number of carbonyl (C=O) groups is 1. The fraction of sp³-hybridized carbons (Fsp3) is 0.375. The predicted octanol–water partition coefficient (Wildman–Crippen LogP) is 3.58. The Kier molecular flexibility index (Phi) is 6.32. The van der Waals surface area contributed by atoms with Crippen LogP contribution in [0.4, 0.5) is 36.6 Å². The molecule has 1 saturated heterocycles. The van der Waals surface area contributed by atoms with Crippen molar-refractivity contribution < 1.29 is 40.6 Å². The van der Waals surface area contributed by atoms with Crippen LogP contribution >= 0.6 is 0 Å². The highest BCUT2D eigenvalue weighted by atomic mass is 19.4. The second-order valence-corrected chi connectivity index (χ2v) is 9.34. The average Bonchev–Trinajstić information content (AvgIpc) is 3.56. The molecule has 7 nitrogen and oxygen atoms in total.